The van der Waals surface area contributed by atoms with Gasteiger partial charge in [-0.25, -0.2) is 13.6 Å². The normalized spacial score (nSPS) is 17.4. The summed E-state index contributed by atoms with van der Waals surface area (Å²) in [4.78, 5) is 21.8. The lowest BCUT2D eigenvalue weighted by atomic mass is 10.1. The summed E-state index contributed by atoms with van der Waals surface area (Å²) in [5, 5.41) is 0. The van der Waals surface area contributed by atoms with Crippen molar-refractivity contribution in [2.75, 3.05) is 11.4 Å². The Labute approximate surface area is 202 Å². The first-order chi connectivity index (χ1) is 17.2. The molecule has 0 bridgehead atoms. The van der Waals surface area contributed by atoms with Crippen molar-refractivity contribution in [3.05, 3.63) is 69.9 Å². The lowest BCUT2D eigenvalue weighted by molar-refractivity contribution is -0.141. The summed E-state index contributed by atoms with van der Waals surface area (Å²) in [5.74, 6) is -2.79. The highest BCUT2D eigenvalue weighted by Crippen LogP contribution is 2.34. The van der Waals surface area contributed by atoms with Crippen LogP contribution >= 0.6 is 0 Å². The fraction of sp³-hybridized carbons (Fsp3) is 0.375. The van der Waals surface area contributed by atoms with Gasteiger partial charge in [0.2, 0.25) is 5.88 Å². The van der Waals surface area contributed by atoms with Gasteiger partial charge in [-0.2, -0.15) is 18.2 Å². The lowest BCUT2D eigenvalue weighted by Crippen LogP contribution is -2.31. The maximum atomic E-state index is 14.6. The molecule has 0 saturated carbocycles. The smallest absolute Gasteiger partial charge is 0.433 e. The number of aromatic nitrogens is 3. The maximum Gasteiger partial charge on any atom is 0.433 e. The molecule has 12 heteroatoms. The zero-order chi connectivity index (χ0) is 25.4. The number of alkyl halides is 3. The standard InChI is InChI=1S/C24H21F5N4O3/c25-17-8-14(9-18(26)22(17)36-16-5-6-30-19(10-16)24(27,28)29)13-35-20-11-21-32-7-3-1-2-4-15(32)12-33(21)23(34)31-20/h5-6,8-11,15H,1-4,7,12-13H2. The maximum absolute atomic E-state index is 14.6. The highest BCUT2D eigenvalue weighted by atomic mass is 19.4. The van der Waals surface area contributed by atoms with E-state index in [9.17, 15) is 26.7 Å². The average Bonchev–Trinajstić information content (AvgIpc) is 3.01. The fourth-order valence-corrected chi connectivity index (χ4v) is 4.53. The first-order valence-electron chi connectivity index (χ1n) is 11.4. The predicted molar refractivity (Wildman–Crippen MR) is 118 cm³/mol. The third-order valence-corrected chi connectivity index (χ3v) is 6.22. The van der Waals surface area contributed by atoms with Crippen LogP contribution in [0.4, 0.5) is 27.8 Å². The molecule has 0 amide bonds. The van der Waals surface area contributed by atoms with E-state index >= 15 is 0 Å². The van der Waals surface area contributed by atoms with E-state index in [-0.39, 0.29) is 24.1 Å². The molecule has 1 fully saturated rings. The molecule has 0 N–H and O–H groups in total. The molecule has 1 atom stereocenters. The van der Waals surface area contributed by atoms with Gasteiger partial charge in [0.1, 0.15) is 23.9 Å². The summed E-state index contributed by atoms with van der Waals surface area (Å²) in [6.45, 7) is 1.11. The first-order valence-corrected chi connectivity index (χ1v) is 11.4. The molecule has 1 saturated heterocycles. The van der Waals surface area contributed by atoms with Crippen molar-refractivity contribution in [3.8, 4) is 17.4 Å². The predicted octanol–water partition coefficient (Wildman–Crippen LogP) is 5.07. The monoisotopic (exact) mass is 508 g/mol. The van der Waals surface area contributed by atoms with Crippen molar-refractivity contribution >= 4 is 5.82 Å². The Bertz CT molecular complexity index is 1320. The van der Waals surface area contributed by atoms with Gasteiger partial charge in [-0.05, 0) is 36.6 Å². The molecule has 1 aromatic carbocycles. The van der Waals surface area contributed by atoms with Crippen molar-refractivity contribution in [2.24, 2.45) is 0 Å². The van der Waals surface area contributed by atoms with E-state index in [1.165, 1.54) is 0 Å². The third kappa shape index (κ3) is 4.84. The van der Waals surface area contributed by atoms with Gasteiger partial charge >= 0.3 is 11.9 Å². The van der Waals surface area contributed by atoms with Crippen molar-refractivity contribution < 1.29 is 31.4 Å². The van der Waals surface area contributed by atoms with E-state index in [2.05, 4.69) is 14.9 Å². The van der Waals surface area contributed by atoms with Crippen LogP contribution in [0.25, 0.3) is 0 Å². The second-order valence-corrected chi connectivity index (χ2v) is 8.70. The molecule has 0 spiro atoms. The minimum Gasteiger partial charge on any atom is -0.473 e. The Kier molecular flexibility index (Phi) is 6.27. The number of anilines is 1. The summed E-state index contributed by atoms with van der Waals surface area (Å²) in [7, 11) is 0. The van der Waals surface area contributed by atoms with Gasteiger partial charge in [0.15, 0.2) is 17.4 Å². The van der Waals surface area contributed by atoms with Crippen molar-refractivity contribution in [2.45, 2.75) is 51.1 Å². The second-order valence-electron chi connectivity index (χ2n) is 8.70. The summed E-state index contributed by atoms with van der Waals surface area (Å²) in [6, 6.07) is 5.37. The van der Waals surface area contributed by atoms with Crippen LogP contribution in [-0.2, 0) is 19.3 Å². The molecule has 36 heavy (non-hydrogen) atoms. The van der Waals surface area contributed by atoms with Crippen LogP contribution in [0.3, 0.4) is 0 Å². The quantitative estimate of drug-likeness (QED) is 0.449. The van der Waals surface area contributed by atoms with Crippen LogP contribution in [0, 0.1) is 11.6 Å². The van der Waals surface area contributed by atoms with Crippen molar-refractivity contribution in [1.29, 1.82) is 0 Å². The molecule has 5 rings (SSSR count). The Morgan fingerprint density at radius 1 is 1.06 bits per heavy atom. The molecule has 0 radical (unpaired) electrons. The minimum absolute atomic E-state index is 0.0359. The fourth-order valence-electron chi connectivity index (χ4n) is 4.53. The SMILES string of the molecule is O=c1nc(OCc2cc(F)c(Oc3ccnc(C(F)(F)F)c3)c(F)c2)cc2n1CC1CCCCCN21. The van der Waals surface area contributed by atoms with Crippen LogP contribution in [0.1, 0.15) is 36.9 Å². The highest BCUT2D eigenvalue weighted by Gasteiger charge is 2.33. The van der Waals surface area contributed by atoms with Gasteiger partial charge in [0.25, 0.3) is 0 Å². The van der Waals surface area contributed by atoms with Crippen LogP contribution in [-0.4, -0.2) is 27.1 Å². The van der Waals surface area contributed by atoms with Crippen molar-refractivity contribution in [1.82, 2.24) is 14.5 Å². The number of rotatable bonds is 5. The van der Waals surface area contributed by atoms with Gasteiger partial charge in [-0.15, -0.1) is 0 Å². The number of ether oxygens (including phenoxy) is 2. The average molecular weight is 508 g/mol. The highest BCUT2D eigenvalue weighted by molar-refractivity contribution is 5.47. The zero-order valence-corrected chi connectivity index (χ0v) is 18.9. The molecule has 4 heterocycles. The zero-order valence-electron chi connectivity index (χ0n) is 18.9. The van der Waals surface area contributed by atoms with E-state index in [4.69, 9.17) is 9.47 Å². The molecule has 190 valence electrons. The molecule has 2 aromatic heterocycles. The van der Waals surface area contributed by atoms with Gasteiger partial charge in [0.05, 0.1) is 0 Å². The topological polar surface area (TPSA) is 69.5 Å². The van der Waals surface area contributed by atoms with Crippen LogP contribution < -0.4 is 20.1 Å². The van der Waals surface area contributed by atoms with E-state index in [0.717, 1.165) is 56.6 Å². The van der Waals surface area contributed by atoms with Crippen LogP contribution in [0.5, 0.6) is 17.4 Å². The molecule has 0 aliphatic carbocycles. The molecule has 2 aliphatic heterocycles. The van der Waals surface area contributed by atoms with Crippen molar-refractivity contribution in [3.63, 3.8) is 0 Å². The number of hydrogen-bond acceptors (Lipinski definition) is 6. The summed E-state index contributed by atoms with van der Waals surface area (Å²) >= 11 is 0. The number of nitrogens with zero attached hydrogens (tertiary/aromatic N) is 4. The van der Waals surface area contributed by atoms with Gasteiger partial charge in [-0.3, -0.25) is 9.55 Å². The molecule has 7 nitrogen and oxygen atoms in total. The van der Waals surface area contributed by atoms with Crippen LogP contribution in [0.2, 0.25) is 0 Å². The van der Waals surface area contributed by atoms with Gasteiger partial charge < -0.3 is 14.4 Å². The Balaban J connectivity index is 1.31. The van der Waals surface area contributed by atoms with E-state index in [1.54, 1.807) is 10.6 Å². The number of hydrogen-bond donors (Lipinski definition) is 0. The van der Waals surface area contributed by atoms with E-state index < -0.39 is 40.7 Å². The van der Waals surface area contributed by atoms with Crippen LogP contribution in [0.15, 0.2) is 41.3 Å². The minimum atomic E-state index is -4.74. The summed E-state index contributed by atoms with van der Waals surface area (Å²) in [5.41, 5.74) is -1.62. The summed E-state index contributed by atoms with van der Waals surface area (Å²) < 4.78 is 79.9. The Morgan fingerprint density at radius 3 is 2.58 bits per heavy atom. The number of benzene rings is 1. The molecular weight excluding hydrogens is 487 g/mol. The Hall–Kier alpha value is -3.70. The van der Waals surface area contributed by atoms with E-state index in [1.807, 2.05) is 0 Å². The largest absolute Gasteiger partial charge is 0.473 e. The number of halogens is 5. The molecular formula is C24H21F5N4O3. The number of fused-ring (bicyclic) bond motifs is 3. The molecule has 3 aromatic rings. The van der Waals surface area contributed by atoms with Gasteiger partial charge in [0, 0.05) is 37.5 Å². The van der Waals surface area contributed by atoms with Gasteiger partial charge in [-0.1, -0.05) is 12.8 Å². The first kappa shape index (κ1) is 24.0. The second kappa shape index (κ2) is 9.40. The number of pyridine rings is 1. The molecule has 1 unspecified atom stereocenters. The Morgan fingerprint density at radius 2 is 1.83 bits per heavy atom. The van der Waals surface area contributed by atoms with E-state index in [0.29, 0.717) is 18.4 Å². The molecule has 2 aliphatic rings. The lowest BCUT2D eigenvalue weighted by Gasteiger charge is -2.23. The summed E-state index contributed by atoms with van der Waals surface area (Å²) in [6.07, 6.45) is 0.333. The third-order valence-electron chi connectivity index (χ3n) is 6.22.